The quantitative estimate of drug-likeness (QED) is 0.841. The molecule has 2 aromatic carbocycles. The highest BCUT2D eigenvalue weighted by atomic mass is 16.5. The van der Waals surface area contributed by atoms with Crippen LogP contribution in [0.5, 0.6) is 5.75 Å². The van der Waals surface area contributed by atoms with Gasteiger partial charge in [0.15, 0.2) is 0 Å². The van der Waals surface area contributed by atoms with Crippen LogP contribution in [0.25, 0.3) is 10.8 Å². The third-order valence-corrected chi connectivity index (χ3v) is 4.66. The first-order chi connectivity index (χ1) is 11.4. The second kappa shape index (κ2) is 8.32. The Balaban J connectivity index is 1.70. The fourth-order valence-electron chi connectivity index (χ4n) is 3.35. The molecule has 0 spiro atoms. The van der Waals surface area contributed by atoms with Crippen LogP contribution in [0.2, 0.25) is 0 Å². The van der Waals surface area contributed by atoms with Gasteiger partial charge < -0.3 is 10.1 Å². The fourth-order valence-corrected chi connectivity index (χ4v) is 3.35. The molecule has 3 nitrogen and oxygen atoms in total. The Kier molecular flexibility index (Phi) is 5.89. The van der Waals surface area contributed by atoms with Crippen LogP contribution in [0.15, 0.2) is 36.4 Å². The Labute approximate surface area is 139 Å². The molecule has 0 unspecified atom stereocenters. The van der Waals surface area contributed by atoms with Crippen molar-refractivity contribution in [1.82, 2.24) is 10.2 Å². The van der Waals surface area contributed by atoms with Crippen molar-refractivity contribution in [2.24, 2.45) is 0 Å². The summed E-state index contributed by atoms with van der Waals surface area (Å²) in [4.78, 5) is 2.52. The maximum absolute atomic E-state index is 6.16. The summed E-state index contributed by atoms with van der Waals surface area (Å²) in [5.41, 5.74) is 1.28. The van der Waals surface area contributed by atoms with Crippen LogP contribution < -0.4 is 10.1 Å². The van der Waals surface area contributed by atoms with Crippen molar-refractivity contribution < 1.29 is 4.74 Å². The van der Waals surface area contributed by atoms with Gasteiger partial charge in [0, 0.05) is 18.7 Å². The summed E-state index contributed by atoms with van der Waals surface area (Å²) < 4.78 is 6.16. The molecular weight excluding hydrogens is 284 g/mol. The van der Waals surface area contributed by atoms with E-state index in [0.717, 1.165) is 32.0 Å². The molecule has 1 aliphatic rings. The minimum Gasteiger partial charge on any atom is -0.492 e. The second-order valence-corrected chi connectivity index (χ2v) is 6.29. The van der Waals surface area contributed by atoms with Crippen molar-refractivity contribution in [2.45, 2.75) is 32.7 Å². The van der Waals surface area contributed by atoms with E-state index in [1.165, 1.54) is 48.7 Å². The van der Waals surface area contributed by atoms with Crippen LogP contribution in [0.3, 0.4) is 0 Å². The zero-order valence-corrected chi connectivity index (χ0v) is 14.2. The van der Waals surface area contributed by atoms with Gasteiger partial charge in [-0.1, -0.05) is 43.7 Å². The van der Waals surface area contributed by atoms with Gasteiger partial charge in [-0.3, -0.25) is 4.90 Å². The van der Waals surface area contributed by atoms with Gasteiger partial charge in [-0.2, -0.15) is 0 Å². The summed E-state index contributed by atoms with van der Waals surface area (Å²) in [5.74, 6) is 1.03. The van der Waals surface area contributed by atoms with E-state index in [0.29, 0.717) is 0 Å². The molecule has 23 heavy (non-hydrogen) atoms. The molecule has 1 saturated heterocycles. The highest BCUT2D eigenvalue weighted by Gasteiger charge is 2.11. The van der Waals surface area contributed by atoms with Gasteiger partial charge in [-0.15, -0.1) is 0 Å². The predicted octanol–water partition coefficient (Wildman–Crippen LogP) is 3.81. The first-order valence-electron chi connectivity index (χ1n) is 8.95. The Morgan fingerprint density at radius 2 is 1.87 bits per heavy atom. The molecule has 3 rings (SSSR count). The highest BCUT2D eigenvalue weighted by Crippen LogP contribution is 2.28. The molecule has 0 aromatic heterocycles. The number of benzene rings is 2. The molecule has 3 heteroatoms. The first-order valence-corrected chi connectivity index (χ1v) is 8.95. The van der Waals surface area contributed by atoms with Crippen molar-refractivity contribution >= 4 is 10.8 Å². The van der Waals surface area contributed by atoms with E-state index >= 15 is 0 Å². The summed E-state index contributed by atoms with van der Waals surface area (Å²) in [6.45, 7) is 8.23. The number of piperidine rings is 1. The summed E-state index contributed by atoms with van der Waals surface area (Å²) in [6.07, 6.45) is 4.05. The van der Waals surface area contributed by atoms with Crippen molar-refractivity contribution in [1.29, 1.82) is 0 Å². The van der Waals surface area contributed by atoms with Crippen LogP contribution in [-0.2, 0) is 6.54 Å². The van der Waals surface area contributed by atoms with Gasteiger partial charge >= 0.3 is 0 Å². The fraction of sp³-hybridized carbons (Fsp3) is 0.500. The molecule has 1 N–H and O–H groups in total. The van der Waals surface area contributed by atoms with E-state index in [2.05, 4.69) is 53.5 Å². The molecule has 0 atom stereocenters. The van der Waals surface area contributed by atoms with Gasteiger partial charge in [0.2, 0.25) is 0 Å². The van der Waals surface area contributed by atoms with Gasteiger partial charge in [0.1, 0.15) is 12.4 Å². The van der Waals surface area contributed by atoms with Crippen molar-refractivity contribution in [3.63, 3.8) is 0 Å². The Hall–Kier alpha value is -1.58. The van der Waals surface area contributed by atoms with Crippen LogP contribution in [0.4, 0.5) is 0 Å². The van der Waals surface area contributed by atoms with Gasteiger partial charge in [-0.05, 0) is 49.3 Å². The van der Waals surface area contributed by atoms with Crippen LogP contribution in [0.1, 0.15) is 31.7 Å². The molecule has 1 heterocycles. The minimum atomic E-state index is 0.775. The second-order valence-electron chi connectivity index (χ2n) is 6.29. The van der Waals surface area contributed by atoms with E-state index in [-0.39, 0.29) is 0 Å². The van der Waals surface area contributed by atoms with Gasteiger partial charge in [-0.25, -0.2) is 0 Å². The summed E-state index contributed by atoms with van der Waals surface area (Å²) in [7, 11) is 0. The number of fused-ring (bicyclic) bond motifs is 1. The molecule has 2 aromatic rings. The van der Waals surface area contributed by atoms with Crippen LogP contribution in [-0.4, -0.2) is 37.7 Å². The molecule has 0 aliphatic carbocycles. The normalized spacial score (nSPS) is 15.9. The van der Waals surface area contributed by atoms with E-state index in [1.54, 1.807) is 0 Å². The number of nitrogens with zero attached hydrogens (tertiary/aromatic N) is 1. The highest BCUT2D eigenvalue weighted by molar-refractivity contribution is 5.87. The third kappa shape index (κ3) is 4.24. The van der Waals surface area contributed by atoms with Crippen molar-refractivity contribution in [3.05, 3.63) is 42.0 Å². The van der Waals surface area contributed by atoms with E-state index in [4.69, 9.17) is 4.74 Å². The molecule has 1 fully saturated rings. The average molecular weight is 312 g/mol. The Morgan fingerprint density at radius 1 is 1.04 bits per heavy atom. The summed E-state index contributed by atoms with van der Waals surface area (Å²) in [6, 6.07) is 12.9. The van der Waals surface area contributed by atoms with Crippen LogP contribution in [0, 0.1) is 0 Å². The van der Waals surface area contributed by atoms with Gasteiger partial charge in [0.05, 0.1) is 0 Å². The lowest BCUT2D eigenvalue weighted by Crippen LogP contribution is -2.33. The average Bonchev–Trinajstić information content (AvgIpc) is 2.61. The zero-order valence-electron chi connectivity index (χ0n) is 14.2. The molecule has 1 aliphatic heterocycles. The van der Waals surface area contributed by atoms with E-state index in [9.17, 15) is 0 Å². The molecule has 0 amide bonds. The lowest BCUT2D eigenvalue weighted by atomic mass is 10.0. The lowest BCUT2D eigenvalue weighted by Gasteiger charge is -2.26. The first kappa shape index (κ1) is 16.3. The molecule has 0 bridgehead atoms. The zero-order chi connectivity index (χ0) is 15.9. The lowest BCUT2D eigenvalue weighted by molar-refractivity contribution is 0.183. The molecule has 124 valence electrons. The number of ether oxygens (including phenoxy) is 1. The number of hydrogen-bond acceptors (Lipinski definition) is 3. The topological polar surface area (TPSA) is 24.5 Å². The third-order valence-electron chi connectivity index (χ3n) is 4.66. The van der Waals surface area contributed by atoms with Crippen LogP contribution >= 0.6 is 0 Å². The van der Waals surface area contributed by atoms with E-state index < -0.39 is 0 Å². The number of nitrogens with one attached hydrogen (secondary N) is 1. The summed E-state index contributed by atoms with van der Waals surface area (Å²) in [5, 5.41) is 6.02. The Bertz CT molecular complexity index is 620. The molecular formula is C20H28N2O. The number of rotatable bonds is 7. The maximum Gasteiger partial charge on any atom is 0.124 e. The monoisotopic (exact) mass is 312 g/mol. The minimum absolute atomic E-state index is 0.775. The molecule has 0 radical (unpaired) electrons. The largest absolute Gasteiger partial charge is 0.492 e. The molecule has 0 saturated carbocycles. The standard InChI is InChI=1S/C20H28N2O/c1-2-21-16-19-18-9-5-4-8-17(18)10-11-20(19)23-15-14-22-12-6-3-7-13-22/h4-5,8-11,21H,2-3,6-7,12-16H2,1H3. The Morgan fingerprint density at radius 3 is 2.70 bits per heavy atom. The van der Waals surface area contributed by atoms with Gasteiger partial charge in [0.25, 0.3) is 0 Å². The van der Waals surface area contributed by atoms with E-state index in [1.807, 2.05) is 0 Å². The number of hydrogen-bond donors (Lipinski definition) is 1. The van der Waals surface area contributed by atoms with Crippen molar-refractivity contribution in [3.8, 4) is 5.75 Å². The maximum atomic E-state index is 6.16. The SMILES string of the molecule is CCNCc1c(OCCN2CCCCC2)ccc2ccccc12. The predicted molar refractivity (Wildman–Crippen MR) is 97.1 cm³/mol. The smallest absolute Gasteiger partial charge is 0.124 e. The number of likely N-dealkylation sites (tertiary alicyclic amines) is 1. The summed E-state index contributed by atoms with van der Waals surface area (Å²) >= 11 is 0. The van der Waals surface area contributed by atoms with Crippen molar-refractivity contribution in [2.75, 3.05) is 32.8 Å².